The Morgan fingerprint density at radius 1 is 1.21 bits per heavy atom. The van der Waals surface area contributed by atoms with E-state index in [1.807, 2.05) is 0 Å². The zero-order chi connectivity index (χ0) is 16.5. The van der Waals surface area contributed by atoms with Crippen molar-refractivity contribution >= 4 is 17.6 Å². The van der Waals surface area contributed by atoms with Crippen LogP contribution in [0.2, 0.25) is 0 Å². The summed E-state index contributed by atoms with van der Waals surface area (Å²) < 4.78 is 7.19. The van der Waals surface area contributed by atoms with Gasteiger partial charge >= 0.3 is 0 Å². The smallest absolute Gasteiger partial charge is 0.128 e. The maximum Gasteiger partial charge on any atom is 0.128 e. The Kier molecular flexibility index (Phi) is 4.04. The molecule has 1 aliphatic heterocycles. The highest BCUT2D eigenvalue weighted by Gasteiger charge is 2.26. The van der Waals surface area contributed by atoms with Crippen LogP contribution < -0.4 is 9.62 Å². The van der Waals surface area contributed by atoms with Crippen LogP contribution >= 0.6 is 11.9 Å². The summed E-state index contributed by atoms with van der Waals surface area (Å²) in [6.45, 7) is 2.85. The van der Waals surface area contributed by atoms with Crippen molar-refractivity contribution in [1.29, 1.82) is 0 Å². The second kappa shape index (κ2) is 6.34. The first-order valence-electron chi connectivity index (χ1n) is 7.95. The third-order valence-electron chi connectivity index (χ3n) is 4.30. The highest BCUT2D eigenvalue weighted by atomic mass is 32.2. The minimum atomic E-state index is 0.129. The van der Waals surface area contributed by atoms with Gasteiger partial charge in [0.1, 0.15) is 6.26 Å². The van der Waals surface area contributed by atoms with E-state index in [1.165, 1.54) is 27.3 Å². The van der Waals surface area contributed by atoms with Crippen molar-refractivity contribution in [3.8, 4) is 0 Å². The summed E-state index contributed by atoms with van der Waals surface area (Å²) in [7, 11) is 2.12. The summed E-state index contributed by atoms with van der Waals surface area (Å²) in [5.74, 6) is 0. The number of fused-ring (bicyclic) bond motifs is 2. The van der Waals surface area contributed by atoms with Crippen molar-refractivity contribution < 1.29 is 4.52 Å². The SMILES string of the molecule is Cc1ccc2c(c1)SN(C)c1ccccc1C2NCc1cnoc1. The summed E-state index contributed by atoms with van der Waals surface area (Å²) in [6.07, 6.45) is 3.44. The number of hydrogen-bond acceptors (Lipinski definition) is 5. The van der Waals surface area contributed by atoms with Crippen LogP contribution in [0.15, 0.2) is 64.3 Å². The molecule has 0 bridgehead atoms. The Labute approximate surface area is 146 Å². The highest BCUT2D eigenvalue weighted by molar-refractivity contribution is 8.00. The molecule has 0 spiro atoms. The van der Waals surface area contributed by atoms with Gasteiger partial charge in [0.25, 0.3) is 0 Å². The number of aromatic nitrogens is 1. The Hall–Kier alpha value is -2.24. The fourth-order valence-corrected chi connectivity index (χ4v) is 4.19. The molecule has 0 amide bonds. The third kappa shape index (κ3) is 2.81. The van der Waals surface area contributed by atoms with E-state index in [1.54, 1.807) is 24.4 Å². The lowest BCUT2D eigenvalue weighted by molar-refractivity contribution is 0.418. The van der Waals surface area contributed by atoms with Gasteiger partial charge in [0.2, 0.25) is 0 Å². The molecule has 2 aromatic carbocycles. The maximum atomic E-state index is 4.95. The molecule has 0 fully saturated rings. The van der Waals surface area contributed by atoms with Crippen LogP contribution in [0, 0.1) is 6.92 Å². The quantitative estimate of drug-likeness (QED) is 0.721. The maximum absolute atomic E-state index is 4.95. The van der Waals surface area contributed by atoms with Crippen molar-refractivity contribution in [2.45, 2.75) is 24.4 Å². The predicted octanol–water partition coefficient (Wildman–Crippen LogP) is 4.32. The van der Waals surface area contributed by atoms with Gasteiger partial charge in [-0.2, -0.15) is 0 Å². The summed E-state index contributed by atoms with van der Waals surface area (Å²) in [5.41, 5.74) is 6.15. The zero-order valence-electron chi connectivity index (χ0n) is 13.7. The van der Waals surface area contributed by atoms with Gasteiger partial charge in [-0.25, -0.2) is 0 Å². The second-order valence-electron chi connectivity index (χ2n) is 6.04. The summed E-state index contributed by atoms with van der Waals surface area (Å²) in [6, 6.07) is 15.4. The minimum absolute atomic E-state index is 0.129. The van der Waals surface area contributed by atoms with E-state index in [-0.39, 0.29) is 6.04 Å². The molecule has 1 aliphatic rings. The van der Waals surface area contributed by atoms with Crippen LogP contribution in [-0.4, -0.2) is 12.2 Å². The summed E-state index contributed by atoms with van der Waals surface area (Å²) in [4.78, 5) is 1.29. The molecule has 1 N–H and O–H groups in total. The molecule has 0 saturated heterocycles. The van der Waals surface area contributed by atoms with Gasteiger partial charge in [0, 0.05) is 24.1 Å². The van der Waals surface area contributed by atoms with Gasteiger partial charge < -0.3 is 14.1 Å². The van der Waals surface area contributed by atoms with E-state index >= 15 is 0 Å². The van der Waals surface area contributed by atoms with E-state index in [2.05, 4.69) is 71.2 Å². The molecule has 0 radical (unpaired) electrons. The van der Waals surface area contributed by atoms with Crippen LogP contribution in [0.4, 0.5) is 5.69 Å². The van der Waals surface area contributed by atoms with Crippen molar-refractivity contribution in [1.82, 2.24) is 10.5 Å². The van der Waals surface area contributed by atoms with E-state index in [9.17, 15) is 0 Å². The molecule has 4 rings (SSSR count). The van der Waals surface area contributed by atoms with Crippen LogP contribution in [-0.2, 0) is 6.54 Å². The number of nitrogens with zero attached hydrogens (tertiary/aromatic N) is 2. The van der Waals surface area contributed by atoms with Gasteiger partial charge in [0.15, 0.2) is 0 Å². The molecule has 1 unspecified atom stereocenters. The number of aryl methyl sites for hydroxylation is 1. The molecular formula is C19H19N3OS. The van der Waals surface area contributed by atoms with Gasteiger partial charge in [-0.1, -0.05) is 35.5 Å². The summed E-state index contributed by atoms with van der Waals surface area (Å²) in [5, 5.41) is 7.47. The monoisotopic (exact) mass is 337 g/mol. The van der Waals surface area contributed by atoms with E-state index < -0.39 is 0 Å². The first-order valence-corrected chi connectivity index (χ1v) is 8.72. The molecule has 0 aliphatic carbocycles. The van der Waals surface area contributed by atoms with Crippen LogP contribution in [0.3, 0.4) is 0 Å². The molecule has 1 atom stereocenters. The normalized spacial score (nSPS) is 16.4. The van der Waals surface area contributed by atoms with Crippen molar-refractivity contribution in [2.24, 2.45) is 0 Å². The van der Waals surface area contributed by atoms with E-state index in [0.717, 1.165) is 5.56 Å². The fourth-order valence-electron chi connectivity index (χ4n) is 3.10. The number of hydrogen-bond donors (Lipinski definition) is 1. The molecule has 3 aromatic rings. The first kappa shape index (κ1) is 15.3. The predicted molar refractivity (Wildman–Crippen MR) is 97.1 cm³/mol. The first-order chi connectivity index (χ1) is 11.7. The van der Waals surface area contributed by atoms with Crippen molar-refractivity contribution in [3.05, 3.63) is 77.2 Å². The molecule has 5 heteroatoms. The number of para-hydroxylation sites is 1. The average molecular weight is 337 g/mol. The Balaban J connectivity index is 1.78. The van der Waals surface area contributed by atoms with Gasteiger partial charge in [-0.3, -0.25) is 0 Å². The molecule has 24 heavy (non-hydrogen) atoms. The van der Waals surface area contributed by atoms with Crippen LogP contribution in [0.1, 0.15) is 28.3 Å². The Morgan fingerprint density at radius 3 is 2.92 bits per heavy atom. The van der Waals surface area contributed by atoms with Gasteiger partial charge in [-0.15, -0.1) is 0 Å². The molecule has 0 saturated carbocycles. The standard InChI is InChI=1S/C19H19N3OS/c1-13-7-8-16-18(9-13)24-22(2)17-6-4-3-5-15(17)19(16)20-10-14-11-21-23-12-14/h3-9,11-12,19-20H,10H2,1-2H3. The van der Waals surface area contributed by atoms with Gasteiger partial charge in [-0.05, 0) is 47.7 Å². The van der Waals surface area contributed by atoms with Crippen LogP contribution in [0.25, 0.3) is 0 Å². The molecule has 1 aromatic heterocycles. The minimum Gasteiger partial charge on any atom is -0.364 e. The number of anilines is 1. The van der Waals surface area contributed by atoms with Crippen LogP contribution in [0.5, 0.6) is 0 Å². The molecular weight excluding hydrogens is 318 g/mol. The number of benzene rings is 2. The van der Waals surface area contributed by atoms with E-state index in [0.29, 0.717) is 6.54 Å². The highest BCUT2D eigenvalue weighted by Crippen LogP contribution is 2.43. The largest absolute Gasteiger partial charge is 0.364 e. The number of rotatable bonds is 3. The van der Waals surface area contributed by atoms with Gasteiger partial charge in [0.05, 0.1) is 17.9 Å². The number of nitrogens with one attached hydrogen (secondary N) is 1. The average Bonchev–Trinajstić information content (AvgIpc) is 3.06. The molecule has 122 valence electrons. The van der Waals surface area contributed by atoms with E-state index in [4.69, 9.17) is 4.52 Å². The molecule has 4 nitrogen and oxygen atoms in total. The topological polar surface area (TPSA) is 41.3 Å². The lowest BCUT2D eigenvalue weighted by Gasteiger charge is -2.22. The lowest BCUT2D eigenvalue weighted by Crippen LogP contribution is -2.22. The Morgan fingerprint density at radius 2 is 2.08 bits per heavy atom. The zero-order valence-corrected chi connectivity index (χ0v) is 14.5. The molecule has 2 heterocycles. The van der Waals surface area contributed by atoms with Crippen molar-refractivity contribution in [3.63, 3.8) is 0 Å². The third-order valence-corrected chi connectivity index (χ3v) is 5.32. The Bertz CT molecular complexity index is 848. The lowest BCUT2D eigenvalue weighted by atomic mass is 9.96. The second-order valence-corrected chi connectivity index (χ2v) is 7.21. The fraction of sp³-hybridized carbons (Fsp3) is 0.211. The van der Waals surface area contributed by atoms with Crippen molar-refractivity contribution in [2.75, 3.05) is 11.4 Å². The summed E-state index contributed by atoms with van der Waals surface area (Å²) >= 11 is 1.78.